The van der Waals surface area contributed by atoms with E-state index in [1.165, 1.54) is 6.54 Å². The highest BCUT2D eigenvalue weighted by molar-refractivity contribution is 4.73. The second-order valence-electron chi connectivity index (χ2n) is 4.47. The van der Waals surface area contributed by atoms with Crippen molar-refractivity contribution in [3.8, 4) is 0 Å². The van der Waals surface area contributed by atoms with Crippen molar-refractivity contribution < 1.29 is 0 Å². The molecule has 0 spiro atoms. The lowest BCUT2D eigenvalue weighted by Gasteiger charge is -2.45. The molecule has 0 atom stereocenters. The zero-order valence-electron chi connectivity index (χ0n) is 9.38. The van der Waals surface area contributed by atoms with Crippen LogP contribution in [0, 0.1) is 0 Å². The molecule has 78 valence electrons. The maximum Gasteiger partial charge on any atom is 0.0533 e. The van der Waals surface area contributed by atoms with E-state index < -0.39 is 0 Å². The van der Waals surface area contributed by atoms with Gasteiger partial charge >= 0.3 is 0 Å². The van der Waals surface area contributed by atoms with Crippen LogP contribution in [-0.2, 0) is 0 Å². The smallest absolute Gasteiger partial charge is 0.0533 e. The van der Waals surface area contributed by atoms with Crippen molar-refractivity contribution >= 4 is 0 Å². The molecule has 1 saturated heterocycles. The normalized spacial score (nSPS) is 19.8. The number of nitrogens with zero attached hydrogens (tertiary/aromatic N) is 2. The zero-order chi connectivity index (χ0) is 9.84. The fraction of sp³-hybridized carbons (Fsp3) is 1.00. The van der Waals surface area contributed by atoms with E-state index in [0.717, 1.165) is 19.9 Å². The first kappa shape index (κ1) is 11.0. The van der Waals surface area contributed by atoms with E-state index >= 15 is 0 Å². The van der Waals surface area contributed by atoms with Crippen LogP contribution in [-0.4, -0.2) is 48.3 Å². The Kier molecular flexibility index (Phi) is 4.16. The van der Waals surface area contributed by atoms with E-state index in [2.05, 4.69) is 42.8 Å². The lowest BCUT2D eigenvalue weighted by Crippen LogP contribution is -2.58. The largest absolute Gasteiger partial charge is 0.313 e. The monoisotopic (exact) mass is 185 g/mol. The lowest BCUT2D eigenvalue weighted by molar-refractivity contribution is -0.0497. The van der Waals surface area contributed by atoms with Crippen molar-refractivity contribution in [3.63, 3.8) is 0 Å². The average molecular weight is 185 g/mol. The Morgan fingerprint density at radius 3 is 2.23 bits per heavy atom. The minimum Gasteiger partial charge on any atom is -0.313 e. The van der Waals surface area contributed by atoms with Gasteiger partial charge in [0.2, 0.25) is 0 Å². The third-order valence-electron chi connectivity index (χ3n) is 2.47. The molecule has 1 heterocycles. The summed E-state index contributed by atoms with van der Waals surface area (Å²) in [6, 6.07) is 1.32. The van der Waals surface area contributed by atoms with Crippen LogP contribution in [0.2, 0.25) is 0 Å². The van der Waals surface area contributed by atoms with Gasteiger partial charge in [-0.05, 0) is 13.8 Å². The van der Waals surface area contributed by atoms with Gasteiger partial charge in [0.1, 0.15) is 0 Å². The van der Waals surface area contributed by atoms with Crippen molar-refractivity contribution in [1.82, 2.24) is 15.1 Å². The van der Waals surface area contributed by atoms with Crippen LogP contribution in [0.4, 0.5) is 0 Å². The number of nitrogens with one attached hydrogen (secondary N) is 1. The third-order valence-corrected chi connectivity index (χ3v) is 2.47. The van der Waals surface area contributed by atoms with Gasteiger partial charge in [-0.1, -0.05) is 13.8 Å². The van der Waals surface area contributed by atoms with Gasteiger partial charge < -0.3 is 5.32 Å². The van der Waals surface area contributed by atoms with Gasteiger partial charge in [0.25, 0.3) is 0 Å². The molecule has 3 heteroatoms. The molecular weight excluding hydrogens is 162 g/mol. The molecular formula is C10H23N3. The Morgan fingerprint density at radius 2 is 1.77 bits per heavy atom. The summed E-state index contributed by atoms with van der Waals surface area (Å²) in [7, 11) is 0. The summed E-state index contributed by atoms with van der Waals surface area (Å²) in [6.07, 6.45) is 0. The lowest BCUT2D eigenvalue weighted by atomic mass is 10.3. The molecule has 0 aliphatic carbocycles. The molecule has 1 aliphatic rings. The minimum atomic E-state index is 0.613. The number of hydrogen-bond donors (Lipinski definition) is 1. The Hall–Kier alpha value is -0.120. The van der Waals surface area contributed by atoms with Crippen LogP contribution < -0.4 is 5.32 Å². The van der Waals surface area contributed by atoms with Crippen LogP contribution in [0.3, 0.4) is 0 Å². The molecule has 1 aliphatic heterocycles. The standard InChI is InChI=1S/C10H23N3/c1-9(2)11-5-6-12-7-13(8-12)10(3)4/h9-11H,5-8H2,1-4H3. The molecule has 0 amide bonds. The minimum absolute atomic E-state index is 0.613. The highest BCUT2D eigenvalue weighted by atomic mass is 15.5. The predicted octanol–water partition coefficient (Wildman–Crippen LogP) is 0.925. The van der Waals surface area contributed by atoms with Gasteiger partial charge in [-0.15, -0.1) is 0 Å². The van der Waals surface area contributed by atoms with Gasteiger partial charge in [0.15, 0.2) is 0 Å². The van der Waals surface area contributed by atoms with Crippen LogP contribution in [0.5, 0.6) is 0 Å². The zero-order valence-corrected chi connectivity index (χ0v) is 9.38. The molecule has 0 unspecified atom stereocenters. The van der Waals surface area contributed by atoms with Crippen LogP contribution in [0.15, 0.2) is 0 Å². The van der Waals surface area contributed by atoms with Crippen LogP contribution in [0.25, 0.3) is 0 Å². The summed E-state index contributed by atoms with van der Waals surface area (Å²) in [6.45, 7) is 13.5. The first-order valence-electron chi connectivity index (χ1n) is 5.29. The first-order chi connectivity index (χ1) is 6.09. The van der Waals surface area contributed by atoms with E-state index in [1.807, 2.05) is 0 Å². The molecule has 0 radical (unpaired) electrons. The molecule has 1 fully saturated rings. The Balaban J connectivity index is 1.96. The summed E-state index contributed by atoms with van der Waals surface area (Å²) in [5.41, 5.74) is 0. The third kappa shape index (κ3) is 3.63. The Bertz CT molecular complexity index is 139. The van der Waals surface area contributed by atoms with Gasteiger partial charge in [0, 0.05) is 25.2 Å². The molecule has 1 rings (SSSR count). The van der Waals surface area contributed by atoms with Crippen LogP contribution in [0.1, 0.15) is 27.7 Å². The molecule has 3 nitrogen and oxygen atoms in total. The second-order valence-corrected chi connectivity index (χ2v) is 4.47. The molecule has 0 saturated carbocycles. The summed E-state index contributed by atoms with van der Waals surface area (Å²) >= 11 is 0. The van der Waals surface area contributed by atoms with Crippen LogP contribution >= 0.6 is 0 Å². The van der Waals surface area contributed by atoms with Crippen molar-refractivity contribution in [2.75, 3.05) is 26.4 Å². The van der Waals surface area contributed by atoms with Gasteiger partial charge in [-0.25, -0.2) is 0 Å². The first-order valence-corrected chi connectivity index (χ1v) is 5.29. The second kappa shape index (κ2) is 4.94. The van der Waals surface area contributed by atoms with Gasteiger partial charge in [-0.3, -0.25) is 9.80 Å². The summed E-state index contributed by atoms with van der Waals surface area (Å²) in [5, 5.41) is 3.43. The van der Waals surface area contributed by atoms with E-state index in [4.69, 9.17) is 0 Å². The quantitative estimate of drug-likeness (QED) is 0.687. The molecule has 0 aromatic heterocycles. The fourth-order valence-electron chi connectivity index (χ4n) is 1.45. The molecule has 0 bridgehead atoms. The molecule has 1 N–H and O–H groups in total. The number of hydrogen-bond acceptors (Lipinski definition) is 3. The van der Waals surface area contributed by atoms with Gasteiger partial charge in [-0.2, -0.15) is 0 Å². The SMILES string of the molecule is CC(C)NCCN1CN(C(C)C)C1. The van der Waals surface area contributed by atoms with Crippen molar-refractivity contribution in [1.29, 1.82) is 0 Å². The summed E-state index contributed by atoms with van der Waals surface area (Å²) < 4.78 is 0. The summed E-state index contributed by atoms with van der Waals surface area (Å²) in [4.78, 5) is 4.94. The molecule has 0 aromatic carbocycles. The van der Waals surface area contributed by atoms with E-state index in [-0.39, 0.29) is 0 Å². The summed E-state index contributed by atoms with van der Waals surface area (Å²) in [5.74, 6) is 0. The molecule has 13 heavy (non-hydrogen) atoms. The topological polar surface area (TPSA) is 18.5 Å². The highest BCUT2D eigenvalue weighted by Gasteiger charge is 2.24. The van der Waals surface area contributed by atoms with Gasteiger partial charge in [0.05, 0.1) is 13.3 Å². The Morgan fingerprint density at radius 1 is 1.15 bits per heavy atom. The van der Waals surface area contributed by atoms with Crippen molar-refractivity contribution in [2.45, 2.75) is 39.8 Å². The van der Waals surface area contributed by atoms with E-state index in [1.54, 1.807) is 0 Å². The average Bonchev–Trinajstić information content (AvgIpc) is 1.92. The number of rotatable bonds is 5. The highest BCUT2D eigenvalue weighted by Crippen LogP contribution is 2.11. The van der Waals surface area contributed by atoms with E-state index in [0.29, 0.717) is 12.1 Å². The fourth-order valence-corrected chi connectivity index (χ4v) is 1.45. The van der Waals surface area contributed by atoms with Crippen molar-refractivity contribution in [3.05, 3.63) is 0 Å². The van der Waals surface area contributed by atoms with Crippen molar-refractivity contribution in [2.24, 2.45) is 0 Å². The predicted molar refractivity (Wildman–Crippen MR) is 56.6 cm³/mol. The van der Waals surface area contributed by atoms with E-state index in [9.17, 15) is 0 Å². The maximum absolute atomic E-state index is 3.43. The Labute approximate surface area is 82.1 Å². The maximum atomic E-state index is 3.43. The molecule has 0 aromatic rings.